The Morgan fingerprint density at radius 1 is 1.43 bits per heavy atom. The average molecular weight is 197 g/mol. The first-order chi connectivity index (χ1) is 6.63. The SMILES string of the molecule is COCC(NCC1CC1(C)C)C1CC1. The Labute approximate surface area is 87.4 Å². The first-order valence-corrected chi connectivity index (χ1v) is 5.86. The molecule has 82 valence electrons. The number of rotatable bonds is 6. The molecule has 0 aromatic carbocycles. The van der Waals surface area contributed by atoms with E-state index in [0.717, 1.165) is 18.4 Å². The molecule has 2 aliphatic carbocycles. The monoisotopic (exact) mass is 197 g/mol. The third-order valence-electron chi connectivity index (χ3n) is 3.88. The lowest BCUT2D eigenvalue weighted by Gasteiger charge is -2.17. The molecule has 0 aromatic heterocycles. The molecule has 2 nitrogen and oxygen atoms in total. The van der Waals surface area contributed by atoms with Crippen LogP contribution in [0.5, 0.6) is 0 Å². The number of nitrogens with one attached hydrogen (secondary N) is 1. The summed E-state index contributed by atoms with van der Waals surface area (Å²) in [7, 11) is 1.80. The lowest BCUT2D eigenvalue weighted by molar-refractivity contribution is 0.156. The Hall–Kier alpha value is -0.0800. The minimum absolute atomic E-state index is 0.605. The minimum atomic E-state index is 0.605. The summed E-state index contributed by atoms with van der Waals surface area (Å²) in [5.74, 6) is 1.80. The van der Waals surface area contributed by atoms with Gasteiger partial charge in [0.2, 0.25) is 0 Å². The topological polar surface area (TPSA) is 21.3 Å². The van der Waals surface area contributed by atoms with Crippen LogP contribution < -0.4 is 5.32 Å². The molecule has 2 saturated carbocycles. The van der Waals surface area contributed by atoms with Gasteiger partial charge in [0.1, 0.15) is 0 Å². The lowest BCUT2D eigenvalue weighted by Crippen LogP contribution is -2.36. The van der Waals surface area contributed by atoms with Gasteiger partial charge in [0.25, 0.3) is 0 Å². The van der Waals surface area contributed by atoms with Gasteiger partial charge in [-0.1, -0.05) is 13.8 Å². The van der Waals surface area contributed by atoms with Crippen LogP contribution in [0.15, 0.2) is 0 Å². The average Bonchev–Trinajstić information content (AvgIpc) is 2.97. The van der Waals surface area contributed by atoms with Crippen LogP contribution in [-0.2, 0) is 4.74 Å². The van der Waals surface area contributed by atoms with Crippen LogP contribution in [0.3, 0.4) is 0 Å². The molecule has 2 atom stereocenters. The number of hydrogen-bond donors (Lipinski definition) is 1. The molecule has 0 aromatic rings. The maximum absolute atomic E-state index is 5.25. The van der Waals surface area contributed by atoms with Crippen molar-refractivity contribution in [2.45, 2.75) is 39.2 Å². The van der Waals surface area contributed by atoms with E-state index in [2.05, 4.69) is 19.2 Å². The summed E-state index contributed by atoms with van der Waals surface area (Å²) in [4.78, 5) is 0. The highest BCUT2D eigenvalue weighted by Crippen LogP contribution is 2.51. The van der Waals surface area contributed by atoms with E-state index in [1.54, 1.807) is 7.11 Å². The predicted molar refractivity (Wildman–Crippen MR) is 58.3 cm³/mol. The molecular formula is C12H23NO. The second-order valence-electron chi connectivity index (χ2n) is 5.70. The summed E-state index contributed by atoms with van der Waals surface area (Å²) in [5.41, 5.74) is 0.605. The summed E-state index contributed by atoms with van der Waals surface area (Å²) in [6.45, 7) is 6.80. The van der Waals surface area contributed by atoms with Gasteiger partial charge in [-0.25, -0.2) is 0 Å². The number of hydrogen-bond acceptors (Lipinski definition) is 2. The van der Waals surface area contributed by atoms with Crippen molar-refractivity contribution in [2.24, 2.45) is 17.3 Å². The van der Waals surface area contributed by atoms with Gasteiger partial charge in [-0.15, -0.1) is 0 Å². The highest BCUT2D eigenvalue weighted by Gasteiger charge is 2.45. The molecule has 2 rings (SSSR count). The van der Waals surface area contributed by atoms with Crippen LogP contribution in [0, 0.1) is 17.3 Å². The minimum Gasteiger partial charge on any atom is -0.383 e. The molecule has 0 radical (unpaired) electrons. The molecule has 0 saturated heterocycles. The Balaban J connectivity index is 1.67. The van der Waals surface area contributed by atoms with E-state index < -0.39 is 0 Å². The molecule has 2 fully saturated rings. The van der Waals surface area contributed by atoms with Gasteiger partial charge < -0.3 is 10.1 Å². The maximum Gasteiger partial charge on any atom is 0.0618 e. The fourth-order valence-electron chi connectivity index (χ4n) is 2.26. The van der Waals surface area contributed by atoms with E-state index in [1.165, 1.54) is 25.8 Å². The van der Waals surface area contributed by atoms with Crippen molar-refractivity contribution in [3.05, 3.63) is 0 Å². The van der Waals surface area contributed by atoms with E-state index in [0.29, 0.717) is 11.5 Å². The zero-order chi connectivity index (χ0) is 10.2. The van der Waals surface area contributed by atoms with E-state index in [4.69, 9.17) is 4.74 Å². The fourth-order valence-corrected chi connectivity index (χ4v) is 2.26. The Kier molecular flexibility index (Phi) is 2.85. The van der Waals surface area contributed by atoms with E-state index in [1.807, 2.05) is 0 Å². The van der Waals surface area contributed by atoms with Gasteiger partial charge in [-0.3, -0.25) is 0 Å². The van der Waals surface area contributed by atoms with Crippen molar-refractivity contribution in [2.75, 3.05) is 20.3 Å². The Morgan fingerprint density at radius 3 is 2.50 bits per heavy atom. The summed E-state index contributed by atoms with van der Waals surface area (Å²) >= 11 is 0. The smallest absolute Gasteiger partial charge is 0.0618 e. The predicted octanol–water partition coefficient (Wildman–Crippen LogP) is 2.05. The van der Waals surface area contributed by atoms with Crippen molar-refractivity contribution in [3.63, 3.8) is 0 Å². The molecule has 2 aliphatic rings. The molecule has 2 heteroatoms. The molecule has 1 N–H and O–H groups in total. The summed E-state index contributed by atoms with van der Waals surface area (Å²) < 4.78 is 5.25. The first-order valence-electron chi connectivity index (χ1n) is 5.86. The second kappa shape index (κ2) is 3.82. The highest BCUT2D eigenvalue weighted by atomic mass is 16.5. The molecule has 0 amide bonds. The van der Waals surface area contributed by atoms with E-state index in [9.17, 15) is 0 Å². The van der Waals surface area contributed by atoms with Crippen LogP contribution in [0.1, 0.15) is 33.1 Å². The zero-order valence-electron chi connectivity index (χ0n) is 9.68. The summed E-state index contributed by atoms with van der Waals surface area (Å²) in [5, 5.41) is 3.68. The summed E-state index contributed by atoms with van der Waals surface area (Å²) in [6, 6.07) is 0.622. The Morgan fingerprint density at radius 2 is 2.07 bits per heavy atom. The zero-order valence-corrected chi connectivity index (χ0v) is 9.68. The first kappa shape index (κ1) is 10.4. The third-order valence-corrected chi connectivity index (χ3v) is 3.88. The van der Waals surface area contributed by atoms with Gasteiger partial charge >= 0.3 is 0 Å². The molecule has 0 spiro atoms. The van der Waals surface area contributed by atoms with Crippen molar-refractivity contribution in [3.8, 4) is 0 Å². The fraction of sp³-hybridized carbons (Fsp3) is 1.00. The molecule has 2 unspecified atom stereocenters. The van der Waals surface area contributed by atoms with Crippen molar-refractivity contribution in [1.29, 1.82) is 0 Å². The van der Waals surface area contributed by atoms with Crippen molar-refractivity contribution < 1.29 is 4.74 Å². The van der Waals surface area contributed by atoms with Gasteiger partial charge in [0, 0.05) is 13.2 Å². The van der Waals surface area contributed by atoms with Crippen LogP contribution in [0.4, 0.5) is 0 Å². The van der Waals surface area contributed by atoms with Crippen LogP contribution in [-0.4, -0.2) is 26.3 Å². The highest BCUT2D eigenvalue weighted by molar-refractivity contribution is 4.97. The standard InChI is InChI=1S/C12H23NO/c1-12(2)6-10(12)7-13-11(8-14-3)9-4-5-9/h9-11,13H,4-8H2,1-3H3. The largest absolute Gasteiger partial charge is 0.383 e. The van der Waals surface area contributed by atoms with Crippen LogP contribution >= 0.6 is 0 Å². The molecule has 0 bridgehead atoms. The van der Waals surface area contributed by atoms with Crippen molar-refractivity contribution in [1.82, 2.24) is 5.32 Å². The normalized spacial score (nSPS) is 31.5. The number of ether oxygens (including phenoxy) is 1. The van der Waals surface area contributed by atoms with Crippen LogP contribution in [0.25, 0.3) is 0 Å². The molecule has 0 heterocycles. The van der Waals surface area contributed by atoms with Gasteiger partial charge in [0.05, 0.1) is 6.61 Å². The number of methoxy groups -OCH3 is 1. The van der Waals surface area contributed by atoms with Gasteiger partial charge in [-0.2, -0.15) is 0 Å². The van der Waals surface area contributed by atoms with Crippen molar-refractivity contribution >= 4 is 0 Å². The molecular weight excluding hydrogens is 174 g/mol. The maximum atomic E-state index is 5.25. The summed E-state index contributed by atoms with van der Waals surface area (Å²) in [6.07, 6.45) is 4.19. The second-order valence-corrected chi connectivity index (χ2v) is 5.70. The Bertz CT molecular complexity index is 198. The third kappa shape index (κ3) is 2.48. The quantitative estimate of drug-likeness (QED) is 0.703. The van der Waals surface area contributed by atoms with Gasteiger partial charge in [-0.05, 0) is 43.1 Å². The molecule has 0 aliphatic heterocycles. The van der Waals surface area contributed by atoms with Crippen LogP contribution in [0.2, 0.25) is 0 Å². The van der Waals surface area contributed by atoms with E-state index in [-0.39, 0.29) is 0 Å². The molecule has 14 heavy (non-hydrogen) atoms. The van der Waals surface area contributed by atoms with E-state index >= 15 is 0 Å². The van der Waals surface area contributed by atoms with Gasteiger partial charge in [0.15, 0.2) is 0 Å². The lowest BCUT2D eigenvalue weighted by atomic mass is 10.1.